The minimum Gasteiger partial charge on any atom is -0.461 e. The van der Waals surface area contributed by atoms with Crippen molar-refractivity contribution in [3.8, 4) is 0 Å². The zero-order chi connectivity index (χ0) is 18.6. The molecule has 0 heterocycles. The lowest BCUT2D eigenvalue weighted by Crippen LogP contribution is -2.51. The van der Waals surface area contributed by atoms with Crippen molar-refractivity contribution in [2.75, 3.05) is 0 Å². The maximum atomic E-state index is 13.5. The van der Waals surface area contributed by atoms with Gasteiger partial charge in [0.25, 0.3) is 5.91 Å². The third-order valence-electron chi connectivity index (χ3n) is 3.65. The van der Waals surface area contributed by atoms with Gasteiger partial charge in [-0.2, -0.15) is 0 Å². The number of hydrogen-bond acceptors (Lipinski definition) is 3. The van der Waals surface area contributed by atoms with Crippen LogP contribution in [0.1, 0.15) is 36.7 Å². The molecular weight excluding hydrogens is 345 g/mol. The third-order valence-corrected chi connectivity index (χ3v) is 3.94. The van der Waals surface area contributed by atoms with Crippen molar-refractivity contribution < 1.29 is 18.7 Å². The van der Waals surface area contributed by atoms with Crippen molar-refractivity contribution in [3.63, 3.8) is 0 Å². The first-order chi connectivity index (χ1) is 11.7. The minimum absolute atomic E-state index is 0.143. The summed E-state index contributed by atoms with van der Waals surface area (Å²) in [7, 11) is 0. The average molecular weight is 364 g/mol. The van der Waals surface area contributed by atoms with Crippen molar-refractivity contribution in [2.24, 2.45) is 0 Å². The van der Waals surface area contributed by atoms with Crippen LogP contribution in [-0.4, -0.2) is 18.0 Å². The predicted molar refractivity (Wildman–Crippen MR) is 93.9 cm³/mol. The van der Waals surface area contributed by atoms with Gasteiger partial charge in [-0.3, -0.25) is 4.79 Å². The Hall–Kier alpha value is -2.40. The molecule has 2 aromatic rings. The zero-order valence-electron chi connectivity index (χ0n) is 14.2. The number of carbonyl (C=O) groups is 2. The summed E-state index contributed by atoms with van der Waals surface area (Å²) in [5.41, 5.74) is -0.803. The molecule has 0 radical (unpaired) electrons. The molecule has 0 spiro atoms. The standard InChI is InChI=1S/C19H19ClFNO3/c1-12(2)25-18(24)19(3,14-9-10-16(21)15(20)11-14)22-17(23)13-7-5-4-6-8-13/h4-12H,1-3H3,(H,22,23). The number of hydrogen-bond donors (Lipinski definition) is 1. The Kier molecular flexibility index (Phi) is 5.80. The van der Waals surface area contributed by atoms with Crippen LogP contribution in [0.5, 0.6) is 0 Å². The second-order valence-corrected chi connectivity index (χ2v) is 6.44. The van der Waals surface area contributed by atoms with Crippen LogP contribution in [-0.2, 0) is 15.1 Å². The van der Waals surface area contributed by atoms with Gasteiger partial charge in [0.2, 0.25) is 0 Å². The van der Waals surface area contributed by atoms with Crippen LogP contribution in [0, 0.1) is 5.82 Å². The molecule has 6 heteroatoms. The molecule has 0 aliphatic heterocycles. The molecule has 2 aromatic carbocycles. The van der Waals surface area contributed by atoms with Crippen LogP contribution in [0.15, 0.2) is 48.5 Å². The molecule has 0 aliphatic rings. The number of amides is 1. The molecule has 1 atom stereocenters. The fraction of sp³-hybridized carbons (Fsp3) is 0.263. The van der Waals surface area contributed by atoms with E-state index in [-0.39, 0.29) is 11.1 Å². The maximum Gasteiger partial charge on any atom is 0.336 e. The molecular formula is C19H19ClFNO3. The highest BCUT2D eigenvalue weighted by atomic mass is 35.5. The molecule has 1 N–H and O–H groups in total. The van der Waals surface area contributed by atoms with E-state index in [1.165, 1.54) is 19.1 Å². The van der Waals surface area contributed by atoms with Gasteiger partial charge in [0.1, 0.15) is 5.82 Å². The average Bonchev–Trinajstić information content (AvgIpc) is 2.57. The smallest absolute Gasteiger partial charge is 0.336 e. The van der Waals surface area contributed by atoms with Crippen molar-refractivity contribution in [2.45, 2.75) is 32.4 Å². The van der Waals surface area contributed by atoms with Gasteiger partial charge in [-0.15, -0.1) is 0 Å². The molecule has 1 amide bonds. The van der Waals surface area contributed by atoms with E-state index < -0.39 is 23.2 Å². The molecule has 25 heavy (non-hydrogen) atoms. The Morgan fingerprint density at radius 3 is 2.36 bits per heavy atom. The van der Waals surface area contributed by atoms with E-state index in [0.717, 1.165) is 6.07 Å². The monoisotopic (exact) mass is 363 g/mol. The van der Waals surface area contributed by atoms with Gasteiger partial charge in [-0.1, -0.05) is 35.9 Å². The molecule has 0 aromatic heterocycles. The van der Waals surface area contributed by atoms with E-state index in [0.29, 0.717) is 11.1 Å². The topological polar surface area (TPSA) is 55.4 Å². The van der Waals surface area contributed by atoms with Crippen molar-refractivity contribution in [3.05, 3.63) is 70.5 Å². The van der Waals surface area contributed by atoms with Crippen molar-refractivity contribution >= 4 is 23.5 Å². The highest BCUT2D eigenvalue weighted by Crippen LogP contribution is 2.28. The number of benzene rings is 2. The van der Waals surface area contributed by atoms with Gasteiger partial charge in [0.05, 0.1) is 11.1 Å². The first-order valence-corrected chi connectivity index (χ1v) is 8.16. The van der Waals surface area contributed by atoms with Crippen molar-refractivity contribution in [1.29, 1.82) is 0 Å². The number of halogens is 2. The number of rotatable bonds is 5. The van der Waals surface area contributed by atoms with Crippen LogP contribution in [0.4, 0.5) is 4.39 Å². The number of nitrogens with one attached hydrogen (secondary N) is 1. The summed E-state index contributed by atoms with van der Waals surface area (Å²) >= 11 is 5.84. The Bertz CT molecular complexity index is 779. The van der Waals surface area contributed by atoms with Gasteiger partial charge in [-0.25, -0.2) is 9.18 Å². The minimum atomic E-state index is -1.52. The molecule has 132 valence electrons. The fourth-order valence-corrected chi connectivity index (χ4v) is 2.45. The van der Waals surface area contributed by atoms with E-state index in [9.17, 15) is 14.0 Å². The first-order valence-electron chi connectivity index (χ1n) is 7.78. The van der Waals surface area contributed by atoms with Crippen molar-refractivity contribution in [1.82, 2.24) is 5.32 Å². The summed E-state index contributed by atoms with van der Waals surface area (Å²) in [6, 6.07) is 12.3. The summed E-state index contributed by atoms with van der Waals surface area (Å²) < 4.78 is 18.8. The summed E-state index contributed by atoms with van der Waals surface area (Å²) in [4.78, 5) is 25.2. The van der Waals surface area contributed by atoms with Crippen LogP contribution in [0.3, 0.4) is 0 Å². The maximum absolute atomic E-state index is 13.5. The fourth-order valence-electron chi connectivity index (χ4n) is 2.27. The second-order valence-electron chi connectivity index (χ2n) is 6.03. The summed E-state index contributed by atoms with van der Waals surface area (Å²) in [6.45, 7) is 4.91. The first kappa shape index (κ1) is 18.9. The molecule has 0 aliphatic carbocycles. The van der Waals surface area contributed by atoms with Crippen LogP contribution < -0.4 is 5.32 Å². The lowest BCUT2D eigenvalue weighted by Gasteiger charge is -2.30. The molecule has 0 fully saturated rings. The lowest BCUT2D eigenvalue weighted by atomic mass is 9.91. The molecule has 0 saturated heterocycles. The molecule has 1 unspecified atom stereocenters. The van der Waals surface area contributed by atoms with E-state index in [2.05, 4.69) is 5.32 Å². The SMILES string of the molecule is CC(C)OC(=O)C(C)(NC(=O)c1ccccc1)c1ccc(F)c(Cl)c1. The number of esters is 1. The van der Waals surface area contributed by atoms with Crippen LogP contribution in [0.25, 0.3) is 0 Å². The molecule has 0 saturated carbocycles. The van der Waals surface area contributed by atoms with E-state index in [4.69, 9.17) is 16.3 Å². The largest absolute Gasteiger partial charge is 0.461 e. The Morgan fingerprint density at radius 2 is 1.80 bits per heavy atom. The van der Waals surface area contributed by atoms with Crippen LogP contribution in [0.2, 0.25) is 5.02 Å². The number of carbonyl (C=O) groups excluding carboxylic acids is 2. The highest BCUT2D eigenvalue weighted by molar-refractivity contribution is 6.30. The van der Waals surface area contributed by atoms with Crippen LogP contribution >= 0.6 is 11.6 Å². The Labute approximate surface area is 150 Å². The highest BCUT2D eigenvalue weighted by Gasteiger charge is 2.39. The number of ether oxygens (including phenoxy) is 1. The third kappa shape index (κ3) is 4.37. The molecule has 4 nitrogen and oxygen atoms in total. The van der Waals surface area contributed by atoms with Gasteiger partial charge >= 0.3 is 5.97 Å². The molecule has 2 rings (SSSR count). The van der Waals surface area contributed by atoms with E-state index >= 15 is 0 Å². The lowest BCUT2D eigenvalue weighted by molar-refractivity contribution is -0.155. The normalized spacial score (nSPS) is 13.2. The van der Waals surface area contributed by atoms with E-state index in [1.54, 1.807) is 44.2 Å². The van der Waals surface area contributed by atoms with Gasteiger partial charge < -0.3 is 10.1 Å². The quantitative estimate of drug-likeness (QED) is 0.814. The summed E-state index contributed by atoms with van der Waals surface area (Å²) in [6.07, 6.45) is -0.378. The molecule has 0 bridgehead atoms. The van der Waals surface area contributed by atoms with Gasteiger partial charge in [0, 0.05) is 5.56 Å². The van der Waals surface area contributed by atoms with Gasteiger partial charge in [-0.05, 0) is 50.6 Å². The van der Waals surface area contributed by atoms with E-state index in [1.807, 2.05) is 0 Å². The summed E-state index contributed by atoms with van der Waals surface area (Å²) in [5, 5.41) is 2.54. The van der Waals surface area contributed by atoms with Gasteiger partial charge in [0.15, 0.2) is 5.54 Å². The Morgan fingerprint density at radius 1 is 1.16 bits per heavy atom. The summed E-state index contributed by atoms with van der Waals surface area (Å²) in [5.74, 6) is -1.72. The Balaban J connectivity index is 2.43. The second kappa shape index (κ2) is 7.66. The predicted octanol–water partition coefficient (Wildman–Crippen LogP) is 4.08. The zero-order valence-corrected chi connectivity index (χ0v) is 14.9.